The predicted octanol–water partition coefficient (Wildman–Crippen LogP) is 3.04. The van der Waals surface area contributed by atoms with Crippen molar-refractivity contribution in [3.8, 4) is 12.3 Å². The summed E-state index contributed by atoms with van der Waals surface area (Å²) < 4.78 is 0. The van der Waals surface area contributed by atoms with Crippen molar-refractivity contribution in [3.63, 3.8) is 0 Å². The molecule has 3 heterocycles. The largest absolute Gasteiger partial charge is 0.320 e. The van der Waals surface area contributed by atoms with Gasteiger partial charge in [-0.1, -0.05) is 25.8 Å². The highest BCUT2D eigenvalue weighted by atomic mass is 16.2. The minimum Gasteiger partial charge on any atom is -0.320 e. The van der Waals surface area contributed by atoms with E-state index in [-0.39, 0.29) is 18.0 Å². The molecule has 4 heteroatoms. The van der Waals surface area contributed by atoms with Crippen molar-refractivity contribution < 1.29 is 4.79 Å². The fourth-order valence-corrected chi connectivity index (χ4v) is 4.44. The highest BCUT2D eigenvalue weighted by Crippen LogP contribution is 2.41. The van der Waals surface area contributed by atoms with Crippen LogP contribution in [-0.4, -0.2) is 46.9 Å². The van der Waals surface area contributed by atoms with Gasteiger partial charge in [-0.3, -0.25) is 9.78 Å². The van der Waals surface area contributed by atoms with Crippen molar-refractivity contribution in [2.24, 2.45) is 5.92 Å². The van der Waals surface area contributed by atoms with Gasteiger partial charge in [-0.05, 0) is 69.3 Å². The van der Waals surface area contributed by atoms with Crippen molar-refractivity contribution in [1.82, 2.24) is 14.8 Å². The molecule has 0 saturated carbocycles. The summed E-state index contributed by atoms with van der Waals surface area (Å²) in [6.45, 7) is 4.34. The molecule has 0 N–H and O–H groups in total. The van der Waals surface area contributed by atoms with E-state index in [0.29, 0.717) is 5.92 Å². The van der Waals surface area contributed by atoms with E-state index in [1.165, 1.54) is 5.56 Å². The highest BCUT2D eigenvalue weighted by molar-refractivity contribution is 5.93. The number of amides is 1. The second-order valence-corrected chi connectivity index (χ2v) is 7.49. The zero-order valence-electron chi connectivity index (χ0n) is 15.4. The molecule has 1 unspecified atom stereocenters. The van der Waals surface area contributed by atoms with Crippen LogP contribution in [-0.2, 0) is 11.2 Å². The van der Waals surface area contributed by atoms with E-state index in [2.05, 4.69) is 30.9 Å². The van der Waals surface area contributed by atoms with Crippen LogP contribution in [0.1, 0.15) is 56.3 Å². The smallest absolute Gasteiger partial charge is 0.299 e. The Labute approximate surface area is 151 Å². The summed E-state index contributed by atoms with van der Waals surface area (Å²) in [6.07, 6.45) is 13.7. The van der Waals surface area contributed by atoms with E-state index in [0.717, 1.165) is 57.3 Å². The van der Waals surface area contributed by atoms with Gasteiger partial charge in [0.05, 0.1) is 11.7 Å². The Bertz CT molecular complexity index is 643. The third-order valence-corrected chi connectivity index (χ3v) is 5.81. The van der Waals surface area contributed by atoms with E-state index in [1.807, 2.05) is 17.2 Å². The van der Waals surface area contributed by atoms with Gasteiger partial charge in [0.1, 0.15) is 0 Å². The molecule has 1 amide bonds. The normalized spacial score (nSPS) is 24.6. The number of aromatic nitrogens is 1. The standard InChI is InChI=1S/C21H29N3O/c1-4-6-9-18-15-17-8-7-12-22-20(17)21(24(18)19(25)5-2)16-10-13-23(3)14-11-16/h2,7-8,12,16,18,21H,4,6,9-11,13-15H2,1,3H3/t18-,21?/m0/s1. The zero-order valence-corrected chi connectivity index (χ0v) is 15.4. The first kappa shape index (κ1) is 17.9. The fourth-order valence-electron chi connectivity index (χ4n) is 4.44. The van der Waals surface area contributed by atoms with E-state index in [9.17, 15) is 4.79 Å². The molecule has 2 atom stereocenters. The van der Waals surface area contributed by atoms with Gasteiger partial charge in [0.25, 0.3) is 5.91 Å². The predicted molar refractivity (Wildman–Crippen MR) is 99.9 cm³/mol. The van der Waals surface area contributed by atoms with Crippen LogP contribution in [0, 0.1) is 18.3 Å². The van der Waals surface area contributed by atoms with Crippen LogP contribution in [0.25, 0.3) is 0 Å². The Kier molecular flexibility index (Phi) is 5.75. The van der Waals surface area contributed by atoms with Gasteiger partial charge in [0.15, 0.2) is 0 Å². The topological polar surface area (TPSA) is 36.4 Å². The number of unbranched alkanes of at least 4 members (excludes halogenated alkanes) is 1. The minimum absolute atomic E-state index is 0.0315. The molecular formula is C21H29N3O. The third-order valence-electron chi connectivity index (χ3n) is 5.81. The van der Waals surface area contributed by atoms with E-state index in [1.54, 1.807) is 0 Å². The van der Waals surface area contributed by atoms with Crippen molar-refractivity contribution in [2.75, 3.05) is 20.1 Å². The SMILES string of the molecule is C#CC(=O)N1C(C2CCN(C)CC2)c2ncccc2C[C@@H]1CCCC. The number of rotatable bonds is 4. The monoisotopic (exact) mass is 339 g/mol. The highest BCUT2D eigenvalue weighted by Gasteiger charge is 2.42. The summed E-state index contributed by atoms with van der Waals surface area (Å²) in [5.74, 6) is 2.67. The first-order chi connectivity index (χ1) is 12.2. The molecule has 0 radical (unpaired) electrons. The van der Waals surface area contributed by atoms with Gasteiger partial charge in [-0.15, -0.1) is 6.42 Å². The number of hydrogen-bond acceptors (Lipinski definition) is 3. The first-order valence-corrected chi connectivity index (χ1v) is 9.57. The first-order valence-electron chi connectivity index (χ1n) is 9.57. The van der Waals surface area contributed by atoms with Gasteiger partial charge >= 0.3 is 0 Å². The van der Waals surface area contributed by atoms with Crippen LogP contribution < -0.4 is 0 Å². The third kappa shape index (κ3) is 3.72. The molecule has 1 saturated heterocycles. The molecule has 0 bridgehead atoms. The lowest BCUT2D eigenvalue weighted by Gasteiger charge is -2.46. The Morgan fingerprint density at radius 2 is 2.16 bits per heavy atom. The van der Waals surface area contributed by atoms with Gasteiger partial charge < -0.3 is 9.80 Å². The average Bonchev–Trinajstić information content (AvgIpc) is 2.65. The van der Waals surface area contributed by atoms with Crippen LogP contribution in [0.3, 0.4) is 0 Å². The number of hydrogen-bond donors (Lipinski definition) is 0. The molecule has 4 nitrogen and oxygen atoms in total. The lowest BCUT2D eigenvalue weighted by molar-refractivity contribution is -0.133. The van der Waals surface area contributed by atoms with Crippen LogP contribution in [0.2, 0.25) is 0 Å². The lowest BCUT2D eigenvalue weighted by Crippen LogP contribution is -2.51. The van der Waals surface area contributed by atoms with Crippen molar-refractivity contribution >= 4 is 5.91 Å². The van der Waals surface area contributed by atoms with Gasteiger partial charge in [0, 0.05) is 12.2 Å². The Hall–Kier alpha value is -1.86. The Morgan fingerprint density at radius 1 is 1.40 bits per heavy atom. The van der Waals surface area contributed by atoms with Gasteiger partial charge in [0.2, 0.25) is 0 Å². The number of carbonyl (C=O) groups excluding carboxylic acids is 1. The molecular weight excluding hydrogens is 310 g/mol. The fraction of sp³-hybridized carbons (Fsp3) is 0.619. The summed E-state index contributed by atoms with van der Waals surface area (Å²) in [4.78, 5) is 21.8. The minimum atomic E-state index is -0.165. The lowest BCUT2D eigenvalue weighted by atomic mass is 9.79. The van der Waals surface area contributed by atoms with Crippen LogP contribution in [0.5, 0.6) is 0 Å². The van der Waals surface area contributed by atoms with Gasteiger partial charge in [-0.25, -0.2) is 0 Å². The summed E-state index contributed by atoms with van der Waals surface area (Å²) in [6, 6.07) is 4.43. The molecule has 0 aromatic carbocycles. The number of fused-ring (bicyclic) bond motifs is 1. The number of likely N-dealkylation sites (tertiary alicyclic amines) is 1. The quantitative estimate of drug-likeness (QED) is 0.791. The number of nitrogens with zero attached hydrogens (tertiary/aromatic N) is 3. The maximum absolute atomic E-state index is 12.7. The van der Waals surface area contributed by atoms with E-state index >= 15 is 0 Å². The van der Waals surface area contributed by atoms with E-state index < -0.39 is 0 Å². The van der Waals surface area contributed by atoms with E-state index in [4.69, 9.17) is 11.4 Å². The maximum atomic E-state index is 12.7. The molecule has 134 valence electrons. The molecule has 2 aliphatic rings. The zero-order chi connectivity index (χ0) is 17.8. The van der Waals surface area contributed by atoms with Crippen molar-refractivity contribution in [1.29, 1.82) is 0 Å². The molecule has 0 aliphatic carbocycles. The summed E-state index contributed by atoms with van der Waals surface area (Å²) in [5.41, 5.74) is 2.38. The summed E-state index contributed by atoms with van der Waals surface area (Å²) >= 11 is 0. The molecule has 1 aromatic rings. The van der Waals surface area contributed by atoms with Crippen molar-refractivity contribution in [2.45, 2.75) is 57.5 Å². The molecule has 25 heavy (non-hydrogen) atoms. The van der Waals surface area contributed by atoms with Crippen LogP contribution in [0.4, 0.5) is 0 Å². The van der Waals surface area contributed by atoms with Gasteiger partial charge in [-0.2, -0.15) is 0 Å². The molecule has 2 aliphatic heterocycles. The number of pyridine rings is 1. The molecule has 3 rings (SSSR count). The van der Waals surface area contributed by atoms with Crippen LogP contribution in [0.15, 0.2) is 18.3 Å². The second kappa shape index (κ2) is 8.01. The Balaban J connectivity index is 1.98. The summed E-state index contributed by atoms with van der Waals surface area (Å²) in [5, 5.41) is 0. The van der Waals surface area contributed by atoms with Crippen molar-refractivity contribution in [3.05, 3.63) is 29.6 Å². The summed E-state index contributed by atoms with van der Waals surface area (Å²) in [7, 11) is 2.16. The number of piperidine rings is 1. The molecule has 0 spiro atoms. The maximum Gasteiger partial charge on any atom is 0.299 e. The number of carbonyl (C=O) groups is 1. The molecule has 1 aromatic heterocycles. The Morgan fingerprint density at radius 3 is 2.84 bits per heavy atom. The second-order valence-electron chi connectivity index (χ2n) is 7.49. The number of terminal acetylenes is 1. The molecule has 1 fully saturated rings. The average molecular weight is 339 g/mol. The van der Waals surface area contributed by atoms with Crippen LogP contribution >= 0.6 is 0 Å².